The number of hydrogen-bond donors (Lipinski definition) is 2. The van der Waals surface area contributed by atoms with Crippen LogP contribution in [0.3, 0.4) is 0 Å². The maximum atomic E-state index is 14.7. The number of methoxy groups -OCH3 is 1. The lowest BCUT2D eigenvalue weighted by Crippen LogP contribution is -2.50. The molecule has 4 fully saturated rings. The molecule has 3 N–H and O–H groups in total. The Morgan fingerprint density at radius 1 is 1.05 bits per heavy atom. The second kappa shape index (κ2) is 9.79. The molecule has 44 heavy (non-hydrogen) atoms. The van der Waals surface area contributed by atoms with E-state index in [0.29, 0.717) is 18.5 Å². The Labute approximate surface area is 257 Å². The Kier molecular flexibility index (Phi) is 6.25. The molecule has 8 rings (SSSR count). The Balaban J connectivity index is 1.33. The summed E-state index contributed by atoms with van der Waals surface area (Å²) < 4.78 is 33.3. The Morgan fingerprint density at radius 3 is 2.52 bits per heavy atom. The number of aromatic nitrogens is 1. The summed E-state index contributed by atoms with van der Waals surface area (Å²) >= 11 is 0. The molecule has 2 aliphatic carbocycles. The number of ether oxygens (including phenoxy) is 1. The first-order chi connectivity index (χ1) is 21.1. The van der Waals surface area contributed by atoms with Crippen molar-refractivity contribution in [2.75, 3.05) is 27.2 Å². The van der Waals surface area contributed by atoms with Crippen molar-refractivity contribution < 1.29 is 22.7 Å². The second-order valence-corrected chi connectivity index (χ2v) is 15.0. The number of piperazine rings is 1. The summed E-state index contributed by atoms with van der Waals surface area (Å²) in [6, 6.07) is 12.3. The Hall–Kier alpha value is -3.41. The number of amides is 2. The van der Waals surface area contributed by atoms with Crippen LogP contribution in [-0.4, -0.2) is 73.9 Å². The molecule has 11 heteroatoms. The number of nitrogens with zero attached hydrogens (tertiary/aromatic N) is 3. The molecule has 2 bridgehead atoms. The molecule has 232 valence electrons. The molecule has 3 aromatic rings. The molecule has 2 amide bonds. The average Bonchev–Trinajstić information content (AvgIpc) is 3.25. The quantitative estimate of drug-likeness (QED) is 0.450. The van der Waals surface area contributed by atoms with Gasteiger partial charge in [0, 0.05) is 59.7 Å². The van der Waals surface area contributed by atoms with Gasteiger partial charge >= 0.3 is 0 Å². The number of likely N-dealkylation sites (tertiary alicyclic amines) is 2. The molecular weight excluding hydrogens is 578 g/mol. The van der Waals surface area contributed by atoms with E-state index < -0.39 is 21.5 Å². The van der Waals surface area contributed by atoms with Crippen molar-refractivity contribution in [3.8, 4) is 17.0 Å². The van der Waals surface area contributed by atoms with Gasteiger partial charge in [-0.3, -0.25) is 14.5 Å². The van der Waals surface area contributed by atoms with E-state index in [9.17, 15) is 18.0 Å². The van der Waals surface area contributed by atoms with Gasteiger partial charge in [0.15, 0.2) is 0 Å². The fourth-order valence-corrected chi connectivity index (χ4v) is 9.39. The molecule has 0 spiro atoms. The average molecular weight is 618 g/mol. The molecule has 3 aliphatic heterocycles. The Bertz CT molecular complexity index is 1830. The number of carbonyl (C=O) groups excluding carboxylic acids is 2. The van der Waals surface area contributed by atoms with Crippen LogP contribution in [0.2, 0.25) is 0 Å². The van der Waals surface area contributed by atoms with E-state index in [4.69, 9.17) is 9.88 Å². The lowest BCUT2D eigenvalue weighted by Gasteiger charge is -2.35. The first kappa shape index (κ1) is 28.1. The summed E-state index contributed by atoms with van der Waals surface area (Å²) in [4.78, 5) is 32.2. The molecule has 4 atom stereocenters. The molecule has 4 heterocycles. The van der Waals surface area contributed by atoms with Gasteiger partial charge in [-0.25, -0.2) is 9.86 Å². The number of nitrogens with one attached hydrogen (secondary N) is 1. The summed E-state index contributed by atoms with van der Waals surface area (Å²) in [5.74, 6) is 0.668. The van der Waals surface area contributed by atoms with E-state index in [0.717, 1.165) is 85.1 Å². The van der Waals surface area contributed by atoms with Gasteiger partial charge in [0.25, 0.3) is 16.1 Å². The number of fused-ring (bicyclic) bond motifs is 9. The van der Waals surface area contributed by atoms with E-state index >= 15 is 0 Å². The van der Waals surface area contributed by atoms with Crippen LogP contribution in [0.4, 0.5) is 0 Å². The zero-order chi connectivity index (χ0) is 30.5. The predicted octanol–water partition coefficient (Wildman–Crippen LogP) is 3.70. The monoisotopic (exact) mass is 617 g/mol. The van der Waals surface area contributed by atoms with Crippen molar-refractivity contribution in [3.63, 3.8) is 0 Å². The smallest absolute Gasteiger partial charge is 0.298 e. The minimum Gasteiger partial charge on any atom is -0.497 e. The van der Waals surface area contributed by atoms with Crippen molar-refractivity contribution in [3.05, 3.63) is 53.1 Å². The van der Waals surface area contributed by atoms with Crippen LogP contribution in [0.15, 0.2) is 36.4 Å². The largest absolute Gasteiger partial charge is 0.497 e. The van der Waals surface area contributed by atoms with Crippen molar-refractivity contribution in [1.29, 1.82) is 0 Å². The highest BCUT2D eigenvalue weighted by molar-refractivity contribution is 7.87. The second-order valence-electron chi connectivity index (χ2n) is 13.7. The van der Waals surface area contributed by atoms with Crippen LogP contribution in [0, 0.1) is 5.41 Å². The standard InChI is InChI=1S/C33H39N5O5S/c1-36-16-22-13-21(36)17-37(22)32(40)33-15-27(33)26-14-23(43-2)9-11-24(26)30-29(19-6-4-3-5-7-19)25-10-8-20(12-28(25)38(30)18-33)31(39)35-44(34,41)42/h8-12,14,19,21-22,27H,3-7,13,15-18H2,1-2H3,(H,35,39)(H2,34,41,42)/t21-,22-,27+,33?/m1/s1. The molecular formula is C33H39N5O5S. The van der Waals surface area contributed by atoms with Gasteiger partial charge in [-0.1, -0.05) is 25.3 Å². The maximum absolute atomic E-state index is 14.7. The zero-order valence-electron chi connectivity index (χ0n) is 25.2. The fraction of sp³-hybridized carbons (Fsp3) is 0.515. The SMILES string of the molecule is COc1ccc2c(c1)[C@@H]1CC1(C(=O)N1C[C@H]3C[C@@H]1CN3C)Cn1c-2c(C2CCCCC2)c2ccc(C(=O)NS(N)(=O)=O)cc21. The van der Waals surface area contributed by atoms with Crippen LogP contribution >= 0.6 is 0 Å². The van der Waals surface area contributed by atoms with Gasteiger partial charge in [0.1, 0.15) is 5.75 Å². The molecule has 2 saturated heterocycles. The molecule has 5 aliphatic rings. The van der Waals surface area contributed by atoms with E-state index in [2.05, 4.69) is 33.5 Å². The normalized spacial score (nSPS) is 27.9. The van der Waals surface area contributed by atoms with E-state index in [-0.39, 0.29) is 23.4 Å². The molecule has 2 aromatic carbocycles. The first-order valence-corrected chi connectivity index (χ1v) is 17.3. The lowest BCUT2D eigenvalue weighted by atomic mass is 9.81. The summed E-state index contributed by atoms with van der Waals surface area (Å²) in [5.41, 5.74) is 5.15. The van der Waals surface area contributed by atoms with E-state index in [1.807, 2.05) is 16.9 Å². The van der Waals surface area contributed by atoms with Crippen molar-refractivity contribution in [1.82, 2.24) is 19.1 Å². The zero-order valence-corrected chi connectivity index (χ0v) is 26.0. The highest BCUT2D eigenvalue weighted by atomic mass is 32.2. The molecule has 0 radical (unpaired) electrons. The minimum absolute atomic E-state index is 0.0694. The lowest BCUT2D eigenvalue weighted by molar-refractivity contribution is -0.140. The van der Waals surface area contributed by atoms with Crippen LogP contribution in [-0.2, 0) is 21.5 Å². The minimum atomic E-state index is -4.22. The topological polar surface area (TPSA) is 127 Å². The van der Waals surface area contributed by atoms with Crippen LogP contribution in [0.25, 0.3) is 22.2 Å². The van der Waals surface area contributed by atoms with Gasteiger partial charge in [-0.2, -0.15) is 8.42 Å². The van der Waals surface area contributed by atoms with E-state index in [1.165, 1.54) is 12.0 Å². The maximum Gasteiger partial charge on any atom is 0.298 e. The third kappa shape index (κ3) is 4.23. The molecule has 1 unspecified atom stereocenters. The Morgan fingerprint density at radius 2 is 1.84 bits per heavy atom. The van der Waals surface area contributed by atoms with Gasteiger partial charge in [0.2, 0.25) is 5.91 Å². The van der Waals surface area contributed by atoms with Gasteiger partial charge in [-0.15, -0.1) is 0 Å². The molecule has 10 nitrogen and oxygen atoms in total. The van der Waals surface area contributed by atoms with Crippen LogP contribution < -0.4 is 14.6 Å². The number of rotatable bonds is 5. The fourth-order valence-electron chi connectivity index (χ4n) is 9.01. The summed E-state index contributed by atoms with van der Waals surface area (Å²) in [5, 5.41) is 6.20. The third-order valence-corrected chi connectivity index (χ3v) is 11.7. The summed E-state index contributed by atoms with van der Waals surface area (Å²) in [7, 11) is -0.392. The number of likely N-dealkylation sites (N-methyl/N-ethyl adjacent to an activating group) is 1. The molecule has 1 aromatic heterocycles. The van der Waals surface area contributed by atoms with Crippen molar-refractivity contribution in [2.45, 2.75) is 75.4 Å². The highest BCUT2D eigenvalue weighted by Gasteiger charge is 2.65. The number of carbonyl (C=O) groups is 2. The third-order valence-electron chi connectivity index (χ3n) is 11.2. The predicted molar refractivity (Wildman–Crippen MR) is 167 cm³/mol. The molecule has 2 saturated carbocycles. The number of hydrogen-bond acceptors (Lipinski definition) is 6. The number of benzene rings is 2. The van der Waals surface area contributed by atoms with Gasteiger partial charge in [-0.05, 0) is 80.1 Å². The van der Waals surface area contributed by atoms with Gasteiger partial charge < -0.3 is 14.2 Å². The van der Waals surface area contributed by atoms with Crippen LogP contribution in [0.5, 0.6) is 5.75 Å². The highest BCUT2D eigenvalue weighted by Crippen LogP contribution is 2.66. The van der Waals surface area contributed by atoms with E-state index in [1.54, 1.807) is 19.2 Å². The van der Waals surface area contributed by atoms with Crippen LogP contribution in [0.1, 0.15) is 78.3 Å². The first-order valence-electron chi connectivity index (χ1n) is 15.8. The number of nitrogens with two attached hydrogens (primary N) is 1. The summed E-state index contributed by atoms with van der Waals surface area (Å²) in [6.45, 7) is 2.19. The van der Waals surface area contributed by atoms with Gasteiger partial charge in [0.05, 0.1) is 18.2 Å². The van der Waals surface area contributed by atoms with Crippen molar-refractivity contribution in [2.24, 2.45) is 10.6 Å². The summed E-state index contributed by atoms with van der Waals surface area (Å²) in [6.07, 6.45) is 7.52. The van der Waals surface area contributed by atoms with Crippen molar-refractivity contribution >= 4 is 32.9 Å².